The molecule has 102 valence electrons. The number of imidazole rings is 1. The third-order valence-electron chi connectivity index (χ3n) is 2.71. The summed E-state index contributed by atoms with van der Waals surface area (Å²) in [7, 11) is 0. The standard InChI is InChI=1S/C12H11BrN6O/c13-7-1-2-10(16-4-7)11-18-12(20-19-11)9(14)3-8-5-15-6-17-8/h1-2,4-6,9H,3,14H2,(H,15,17). The van der Waals surface area contributed by atoms with E-state index in [0.29, 0.717) is 23.8 Å². The van der Waals surface area contributed by atoms with Crippen LogP contribution in [0, 0.1) is 0 Å². The quantitative estimate of drug-likeness (QED) is 0.754. The molecule has 1 unspecified atom stereocenters. The molecule has 20 heavy (non-hydrogen) atoms. The summed E-state index contributed by atoms with van der Waals surface area (Å²) in [5, 5.41) is 3.90. The van der Waals surface area contributed by atoms with Crippen LogP contribution in [0.2, 0.25) is 0 Å². The van der Waals surface area contributed by atoms with E-state index in [4.69, 9.17) is 10.3 Å². The molecule has 3 N–H and O–H groups in total. The van der Waals surface area contributed by atoms with Gasteiger partial charge in [0.15, 0.2) is 0 Å². The third kappa shape index (κ3) is 2.75. The number of nitrogens with zero attached hydrogens (tertiary/aromatic N) is 4. The van der Waals surface area contributed by atoms with Gasteiger partial charge in [0.1, 0.15) is 5.69 Å². The van der Waals surface area contributed by atoms with Crippen LogP contribution in [0.15, 0.2) is 39.8 Å². The van der Waals surface area contributed by atoms with Crippen molar-refractivity contribution >= 4 is 15.9 Å². The number of pyridine rings is 1. The van der Waals surface area contributed by atoms with Crippen molar-refractivity contribution < 1.29 is 4.52 Å². The van der Waals surface area contributed by atoms with E-state index in [1.54, 1.807) is 24.8 Å². The lowest BCUT2D eigenvalue weighted by Gasteiger charge is -2.03. The van der Waals surface area contributed by atoms with Crippen LogP contribution in [0.25, 0.3) is 11.5 Å². The minimum atomic E-state index is -0.382. The first-order valence-electron chi connectivity index (χ1n) is 5.91. The molecular weight excluding hydrogens is 324 g/mol. The first-order chi connectivity index (χ1) is 9.72. The maximum absolute atomic E-state index is 6.03. The molecule has 3 aromatic heterocycles. The smallest absolute Gasteiger partial charge is 0.244 e. The Balaban J connectivity index is 1.77. The summed E-state index contributed by atoms with van der Waals surface area (Å²) in [4.78, 5) is 15.4. The Morgan fingerprint density at radius 3 is 2.95 bits per heavy atom. The van der Waals surface area contributed by atoms with E-state index in [2.05, 4.69) is 41.0 Å². The number of nitrogens with one attached hydrogen (secondary N) is 1. The van der Waals surface area contributed by atoms with Gasteiger partial charge in [0, 0.05) is 29.0 Å². The Kier molecular flexibility index (Phi) is 3.57. The van der Waals surface area contributed by atoms with Crippen LogP contribution < -0.4 is 5.73 Å². The Hall–Kier alpha value is -2.06. The lowest BCUT2D eigenvalue weighted by molar-refractivity contribution is 0.354. The first-order valence-corrected chi connectivity index (χ1v) is 6.70. The van der Waals surface area contributed by atoms with Crippen LogP contribution >= 0.6 is 15.9 Å². The molecule has 0 fully saturated rings. The SMILES string of the molecule is NC(Cc1cnc[nH]1)c1nc(-c2ccc(Br)cn2)no1. The van der Waals surface area contributed by atoms with Crippen molar-refractivity contribution in [2.45, 2.75) is 12.5 Å². The zero-order valence-corrected chi connectivity index (χ0v) is 11.9. The van der Waals surface area contributed by atoms with Crippen molar-refractivity contribution in [1.29, 1.82) is 0 Å². The van der Waals surface area contributed by atoms with Gasteiger partial charge in [-0.25, -0.2) is 4.98 Å². The third-order valence-corrected chi connectivity index (χ3v) is 3.18. The number of aromatic amines is 1. The van der Waals surface area contributed by atoms with Gasteiger partial charge in [0.25, 0.3) is 0 Å². The molecule has 0 radical (unpaired) electrons. The molecule has 0 aromatic carbocycles. The fourth-order valence-electron chi connectivity index (χ4n) is 1.72. The fourth-order valence-corrected chi connectivity index (χ4v) is 1.95. The highest BCUT2D eigenvalue weighted by atomic mass is 79.9. The average molecular weight is 335 g/mol. The number of hydrogen-bond acceptors (Lipinski definition) is 6. The monoisotopic (exact) mass is 334 g/mol. The molecule has 7 nitrogen and oxygen atoms in total. The number of H-pyrrole nitrogens is 1. The van der Waals surface area contributed by atoms with Crippen LogP contribution in [0.3, 0.4) is 0 Å². The van der Waals surface area contributed by atoms with Crippen molar-refractivity contribution in [2.24, 2.45) is 5.73 Å². The van der Waals surface area contributed by atoms with Crippen molar-refractivity contribution in [2.75, 3.05) is 0 Å². The minimum absolute atomic E-state index is 0.374. The number of aromatic nitrogens is 5. The molecule has 3 aromatic rings. The molecule has 0 aliphatic rings. The highest BCUT2D eigenvalue weighted by molar-refractivity contribution is 9.10. The van der Waals surface area contributed by atoms with Gasteiger partial charge < -0.3 is 15.2 Å². The molecule has 8 heteroatoms. The van der Waals surface area contributed by atoms with E-state index in [1.807, 2.05) is 6.07 Å². The molecule has 0 spiro atoms. The summed E-state index contributed by atoms with van der Waals surface area (Å²) in [5.74, 6) is 0.798. The lowest BCUT2D eigenvalue weighted by atomic mass is 10.2. The minimum Gasteiger partial charge on any atom is -0.348 e. The van der Waals surface area contributed by atoms with E-state index < -0.39 is 0 Å². The van der Waals surface area contributed by atoms with Crippen LogP contribution in [0.4, 0.5) is 0 Å². The largest absolute Gasteiger partial charge is 0.348 e. The van der Waals surface area contributed by atoms with Crippen molar-refractivity contribution in [3.8, 4) is 11.5 Å². The van der Waals surface area contributed by atoms with Gasteiger partial charge in [-0.05, 0) is 28.1 Å². The van der Waals surface area contributed by atoms with Crippen LogP contribution in [-0.2, 0) is 6.42 Å². The Morgan fingerprint density at radius 1 is 1.35 bits per heavy atom. The van der Waals surface area contributed by atoms with Crippen molar-refractivity contribution in [3.05, 3.63) is 46.9 Å². The summed E-state index contributed by atoms with van der Waals surface area (Å²) in [5.41, 5.74) is 7.58. The number of halogens is 1. The van der Waals surface area contributed by atoms with Gasteiger partial charge in [-0.3, -0.25) is 4.98 Å². The second-order valence-electron chi connectivity index (χ2n) is 4.21. The maximum Gasteiger partial charge on any atom is 0.244 e. The fraction of sp³-hybridized carbons (Fsp3) is 0.167. The molecular formula is C12H11BrN6O. The Bertz CT molecular complexity index is 678. The molecule has 1 atom stereocenters. The summed E-state index contributed by atoms with van der Waals surface area (Å²) < 4.78 is 6.08. The summed E-state index contributed by atoms with van der Waals surface area (Å²) in [6.45, 7) is 0. The van der Waals surface area contributed by atoms with Gasteiger partial charge in [-0.1, -0.05) is 5.16 Å². The predicted octanol–water partition coefficient (Wildman–Crippen LogP) is 1.86. The topological polar surface area (TPSA) is 107 Å². The van der Waals surface area contributed by atoms with E-state index >= 15 is 0 Å². The van der Waals surface area contributed by atoms with E-state index in [1.165, 1.54) is 0 Å². The molecule has 3 rings (SSSR count). The number of rotatable bonds is 4. The Labute approximate surface area is 122 Å². The van der Waals surface area contributed by atoms with Gasteiger partial charge >= 0.3 is 0 Å². The second-order valence-corrected chi connectivity index (χ2v) is 5.12. The summed E-state index contributed by atoms with van der Waals surface area (Å²) in [6.07, 6.45) is 5.55. The van der Waals surface area contributed by atoms with Gasteiger partial charge in [0.05, 0.1) is 12.4 Å². The molecule has 0 saturated heterocycles. The lowest BCUT2D eigenvalue weighted by Crippen LogP contribution is -2.14. The molecule has 0 bridgehead atoms. The van der Waals surface area contributed by atoms with E-state index in [0.717, 1.165) is 10.2 Å². The predicted molar refractivity (Wildman–Crippen MR) is 74.4 cm³/mol. The van der Waals surface area contributed by atoms with Gasteiger partial charge in [-0.2, -0.15) is 4.98 Å². The number of nitrogens with two attached hydrogens (primary N) is 1. The second kappa shape index (κ2) is 5.51. The van der Waals surface area contributed by atoms with Gasteiger partial charge in [-0.15, -0.1) is 0 Å². The van der Waals surface area contributed by atoms with E-state index in [-0.39, 0.29) is 6.04 Å². The van der Waals surface area contributed by atoms with Crippen molar-refractivity contribution in [3.63, 3.8) is 0 Å². The average Bonchev–Trinajstić information content (AvgIpc) is 3.10. The van der Waals surface area contributed by atoms with Crippen LogP contribution in [0.5, 0.6) is 0 Å². The molecule has 0 amide bonds. The molecule has 3 heterocycles. The van der Waals surface area contributed by atoms with Gasteiger partial charge in [0.2, 0.25) is 11.7 Å². The zero-order chi connectivity index (χ0) is 13.9. The number of hydrogen-bond donors (Lipinski definition) is 2. The summed E-state index contributed by atoms with van der Waals surface area (Å²) in [6, 6.07) is 3.29. The zero-order valence-electron chi connectivity index (χ0n) is 10.3. The molecule has 0 aliphatic carbocycles. The molecule has 0 aliphatic heterocycles. The highest BCUT2D eigenvalue weighted by Crippen LogP contribution is 2.19. The van der Waals surface area contributed by atoms with E-state index in [9.17, 15) is 0 Å². The molecule has 0 saturated carbocycles. The van der Waals surface area contributed by atoms with Crippen LogP contribution in [0.1, 0.15) is 17.6 Å². The maximum atomic E-state index is 6.03. The first kappa shape index (κ1) is 12.9. The highest BCUT2D eigenvalue weighted by Gasteiger charge is 2.17. The summed E-state index contributed by atoms with van der Waals surface area (Å²) >= 11 is 3.32. The Morgan fingerprint density at radius 2 is 2.25 bits per heavy atom. The van der Waals surface area contributed by atoms with Crippen LogP contribution in [-0.4, -0.2) is 25.1 Å². The van der Waals surface area contributed by atoms with Crippen molar-refractivity contribution in [1.82, 2.24) is 25.1 Å². The normalized spacial score (nSPS) is 12.5.